The van der Waals surface area contributed by atoms with Crippen LogP contribution in [0.4, 0.5) is 0 Å². The highest BCUT2D eigenvalue weighted by molar-refractivity contribution is 7.10. The molecular formula is C25H27NO4S. The molecule has 5 nitrogen and oxygen atoms in total. The van der Waals surface area contributed by atoms with Crippen LogP contribution in [0.25, 0.3) is 0 Å². The third kappa shape index (κ3) is 4.04. The van der Waals surface area contributed by atoms with Crippen molar-refractivity contribution >= 4 is 23.1 Å². The fourth-order valence-corrected chi connectivity index (χ4v) is 5.39. The molecule has 162 valence electrons. The lowest BCUT2D eigenvalue weighted by molar-refractivity contribution is -0.143. The number of rotatable bonds is 5. The predicted octanol–water partition coefficient (Wildman–Crippen LogP) is 5.07. The van der Waals surface area contributed by atoms with E-state index in [0.29, 0.717) is 24.0 Å². The summed E-state index contributed by atoms with van der Waals surface area (Å²) in [5, 5.41) is 5.36. The van der Waals surface area contributed by atoms with Gasteiger partial charge in [0.1, 0.15) is 5.75 Å². The SMILES string of the molecule is COc1ccccc1[C@H]1CC(=O)C2=C(C1)NC(C)=C(C(=O)OC(C)C)[C@H]2c1cccs1. The molecule has 1 aromatic carbocycles. The molecule has 0 amide bonds. The van der Waals surface area contributed by atoms with Crippen LogP contribution in [-0.2, 0) is 14.3 Å². The maximum atomic E-state index is 13.5. The molecule has 0 bridgehead atoms. The minimum absolute atomic E-state index is 0.0239. The number of dihydropyridines is 1. The van der Waals surface area contributed by atoms with Crippen molar-refractivity contribution in [2.45, 2.75) is 51.6 Å². The Balaban J connectivity index is 1.76. The van der Waals surface area contributed by atoms with Gasteiger partial charge in [0.05, 0.1) is 24.7 Å². The van der Waals surface area contributed by atoms with E-state index in [0.717, 1.165) is 27.6 Å². The van der Waals surface area contributed by atoms with E-state index < -0.39 is 5.92 Å². The normalized spacial score (nSPS) is 21.1. The summed E-state index contributed by atoms with van der Waals surface area (Å²) >= 11 is 1.56. The van der Waals surface area contributed by atoms with E-state index in [2.05, 4.69) is 5.32 Å². The summed E-state index contributed by atoms with van der Waals surface area (Å²) in [5.41, 5.74) is 3.89. The number of esters is 1. The number of benzene rings is 1. The number of para-hydroxylation sites is 1. The number of thiophene rings is 1. The maximum Gasteiger partial charge on any atom is 0.337 e. The standard InChI is InChI=1S/C25H27NO4S/c1-14(2)30-25(28)22-15(3)26-18-12-16(17-8-5-6-9-20(17)29-4)13-19(27)23(18)24(22)21-10-7-11-31-21/h5-11,14,16,24,26H,12-13H2,1-4H3/t16-,24-/m1/s1. The second-order valence-electron chi connectivity index (χ2n) is 8.23. The summed E-state index contributed by atoms with van der Waals surface area (Å²) in [6.45, 7) is 5.55. The summed E-state index contributed by atoms with van der Waals surface area (Å²) < 4.78 is 11.1. The third-order valence-electron chi connectivity index (χ3n) is 5.80. The van der Waals surface area contributed by atoms with Crippen molar-refractivity contribution in [3.05, 3.63) is 74.8 Å². The summed E-state index contributed by atoms with van der Waals surface area (Å²) in [6, 6.07) is 11.8. The molecule has 2 aromatic rings. The zero-order valence-electron chi connectivity index (χ0n) is 18.2. The molecule has 4 rings (SSSR count). The van der Waals surface area contributed by atoms with E-state index in [4.69, 9.17) is 9.47 Å². The van der Waals surface area contributed by atoms with E-state index in [1.54, 1.807) is 18.4 Å². The lowest BCUT2D eigenvalue weighted by Gasteiger charge is -2.36. The van der Waals surface area contributed by atoms with Gasteiger partial charge in [-0.1, -0.05) is 24.3 Å². The van der Waals surface area contributed by atoms with Crippen LogP contribution < -0.4 is 10.1 Å². The Hall–Kier alpha value is -2.86. The van der Waals surface area contributed by atoms with E-state index in [-0.39, 0.29) is 23.8 Å². The molecular weight excluding hydrogens is 410 g/mol. The van der Waals surface area contributed by atoms with E-state index in [1.807, 2.05) is 62.5 Å². The lowest BCUT2D eigenvalue weighted by Crippen LogP contribution is -2.36. The van der Waals surface area contributed by atoms with Crippen LogP contribution in [-0.4, -0.2) is 25.0 Å². The first-order valence-corrected chi connectivity index (χ1v) is 11.4. The molecule has 0 saturated heterocycles. The van der Waals surface area contributed by atoms with E-state index in [1.165, 1.54) is 0 Å². The van der Waals surface area contributed by atoms with Crippen molar-refractivity contribution in [1.29, 1.82) is 0 Å². The fraction of sp³-hybridized carbons (Fsp3) is 0.360. The Kier molecular flexibility index (Phi) is 6.01. The van der Waals surface area contributed by atoms with Crippen LogP contribution in [0, 0.1) is 0 Å². The third-order valence-corrected chi connectivity index (χ3v) is 6.73. The van der Waals surface area contributed by atoms with Crippen LogP contribution in [0.2, 0.25) is 0 Å². The molecule has 2 heterocycles. The van der Waals surface area contributed by atoms with Gasteiger partial charge in [-0.25, -0.2) is 4.79 Å². The second-order valence-corrected chi connectivity index (χ2v) is 9.21. The smallest absolute Gasteiger partial charge is 0.337 e. The predicted molar refractivity (Wildman–Crippen MR) is 121 cm³/mol. The minimum atomic E-state index is -0.395. The van der Waals surface area contributed by atoms with Gasteiger partial charge in [0.2, 0.25) is 0 Å². The van der Waals surface area contributed by atoms with Crippen LogP contribution >= 0.6 is 11.3 Å². The molecule has 2 aliphatic rings. The van der Waals surface area contributed by atoms with Gasteiger partial charge < -0.3 is 14.8 Å². The Bertz CT molecular complexity index is 1060. The summed E-state index contributed by atoms with van der Waals surface area (Å²) in [7, 11) is 1.65. The molecule has 1 aliphatic heterocycles. The highest BCUT2D eigenvalue weighted by Gasteiger charge is 2.42. The van der Waals surface area contributed by atoms with Crippen LogP contribution in [0.3, 0.4) is 0 Å². The monoisotopic (exact) mass is 437 g/mol. The lowest BCUT2D eigenvalue weighted by atomic mass is 9.73. The highest BCUT2D eigenvalue weighted by atomic mass is 32.1. The van der Waals surface area contributed by atoms with Gasteiger partial charge in [0, 0.05) is 34.2 Å². The second kappa shape index (κ2) is 8.71. The van der Waals surface area contributed by atoms with E-state index >= 15 is 0 Å². The van der Waals surface area contributed by atoms with Gasteiger partial charge in [-0.05, 0) is 50.3 Å². The molecule has 6 heteroatoms. The number of methoxy groups -OCH3 is 1. The molecule has 2 atom stereocenters. The quantitative estimate of drug-likeness (QED) is 0.662. The van der Waals surface area contributed by atoms with Crippen molar-refractivity contribution in [2.24, 2.45) is 0 Å². The molecule has 1 aromatic heterocycles. The number of ether oxygens (including phenoxy) is 2. The Morgan fingerprint density at radius 3 is 2.61 bits per heavy atom. The molecule has 0 spiro atoms. The first kappa shape index (κ1) is 21.4. The summed E-state index contributed by atoms with van der Waals surface area (Å²) in [4.78, 5) is 27.5. The number of hydrogen-bond donors (Lipinski definition) is 1. The fourth-order valence-electron chi connectivity index (χ4n) is 4.55. The van der Waals surface area contributed by atoms with Gasteiger partial charge in [-0.2, -0.15) is 0 Å². The molecule has 0 saturated carbocycles. The molecule has 0 radical (unpaired) electrons. The number of carbonyl (C=O) groups is 2. The molecule has 0 unspecified atom stereocenters. The van der Waals surface area contributed by atoms with Gasteiger partial charge in [-0.3, -0.25) is 4.79 Å². The van der Waals surface area contributed by atoms with Crippen molar-refractivity contribution in [3.63, 3.8) is 0 Å². The van der Waals surface area contributed by atoms with Gasteiger partial charge >= 0.3 is 5.97 Å². The Labute approximate surface area is 186 Å². The van der Waals surface area contributed by atoms with Gasteiger partial charge in [0.25, 0.3) is 0 Å². The van der Waals surface area contributed by atoms with Crippen LogP contribution in [0.5, 0.6) is 5.75 Å². The first-order valence-electron chi connectivity index (χ1n) is 10.5. The largest absolute Gasteiger partial charge is 0.496 e. The van der Waals surface area contributed by atoms with Crippen LogP contribution in [0.1, 0.15) is 55.9 Å². The summed E-state index contributed by atoms with van der Waals surface area (Å²) in [5.74, 6) is 0.114. The molecule has 1 N–H and O–H groups in total. The minimum Gasteiger partial charge on any atom is -0.496 e. The van der Waals surface area contributed by atoms with Crippen molar-refractivity contribution in [2.75, 3.05) is 7.11 Å². The topological polar surface area (TPSA) is 64.6 Å². The maximum absolute atomic E-state index is 13.5. The average molecular weight is 438 g/mol. The zero-order valence-corrected chi connectivity index (χ0v) is 19.0. The number of nitrogens with one attached hydrogen (secondary N) is 1. The highest BCUT2D eigenvalue weighted by Crippen LogP contribution is 2.47. The Morgan fingerprint density at radius 2 is 1.94 bits per heavy atom. The molecule has 1 aliphatic carbocycles. The van der Waals surface area contributed by atoms with Gasteiger partial charge in [0.15, 0.2) is 5.78 Å². The number of Topliss-reactive ketones (excluding diaryl/α,β-unsaturated/α-hetero) is 1. The number of hydrogen-bond acceptors (Lipinski definition) is 6. The summed E-state index contributed by atoms with van der Waals surface area (Å²) in [6.07, 6.45) is 0.839. The van der Waals surface area contributed by atoms with Crippen molar-refractivity contribution < 1.29 is 19.1 Å². The average Bonchev–Trinajstić information content (AvgIpc) is 3.26. The zero-order chi connectivity index (χ0) is 22.1. The number of carbonyl (C=O) groups excluding carboxylic acids is 2. The van der Waals surface area contributed by atoms with Crippen LogP contribution in [0.15, 0.2) is 64.3 Å². The Morgan fingerprint density at radius 1 is 1.16 bits per heavy atom. The number of allylic oxidation sites excluding steroid dienone is 3. The van der Waals surface area contributed by atoms with Gasteiger partial charge in [-0.15, -0.1) is 11.3 Å². The van der Waals surface area contributed by atoms with Crippen molar-refractivity contribution in [3.8, 4) is 5.75 Å². The molecule has 0 fully saturated rings. The number of ketones is 1. The van der Waals surface area contributed by atoms with E-state index in [9.17, 15) is 9.59 Å². The van der Waals surface area contributed by atoms with Crippen molar-refractivity contribution in [1.82, 2.24) is 5.32 Å². The first-order chi connectivity index (χ1) is 14.9. The molecule has 31 heavy (non-hydrogen) atoms.